The number of aromatic nitrogens is 1. The van der Waals surface area contributed by atoms with Crippen LogP contribution in [0.25, 0.3) is 11.3 Å². The fraction of sp³-hybridized carbons (Fsp3) is 0.154. The second kappa shape index (κ2) is 5.36. The van der Waals surface area contributed by atoms with E-state index in [1.807, 2.05) is 22.6 Å². The van der Waals surface area contributed by atoms with E-state index in [4.69, 9.17) is 0 Å². The molecule has 0 N–H and O–H groups in total. The summed E-state index contributed by atoms with van der Waals surface area (Å²) in [5.41, 5.74) is -0.622. The maximum Gasteiger partial charge on any atom is 0.264 e. The van der Waals surface area contributed by atoms with Crippen molar-refractivity contribution in [2.45, 2.75) is 13.5 Å². The Hall–Kier alpha value is -1.31. The standard InChI is InChI=1S/C13H9F3INO/c1-2-18-11(4-3-10(17)13(18)19)12-8(15)5-7(14)6-9(12)16/h3-6H,2H2,1H3. The Morgan fingerprint density at radius 1 is 1.16 bits per heavy atom. The summed E-state index contributed by atoms with van der Waals surface area (Å²) in [6, 6.07) is 4.13. The molecule has 0 spiro atoms. The number of halogens is 4. The highest BCUT2D eigenvalue weighted by atomic mass is 127. The molecule has 0 unspecified atom stereocenters. The zero-order valence-electron chi connectivity index (χ0n) is 9.88. The predicted octanol–water partition coefficient (Wildman–Crippen LogP) is 3.56. The molecule has 0 radical (unpaired) electrons. The molecule has 1 heterocycles. The van der Waals surface area contributed by atoms with E-state index >= 15 is 0 Å². The van der Waals surface area contributed by atoms with Gasteiger partial charge in [0.15, 0.2) is 0 Å². The molecule has 0 saturated carbocycles. The molecule has 2 rings (SSSR count). The van der Waals surface area contributed by atoms with Crippen molar-refractivity contribution < 1.29 is 13.2 Å². The smallest absolute Gasteiger partial charge is 0.264 e. The largest absolute Gasteiger partial charge is 0.307 e. The van der Waals surface area contributed by atoms with Gasteiger partial charge in [0, 0.05) is 18.7 Å². The van der Waals surface area contributed by atoms with E-state index in [0.29, 0.717) is 15.7 Å². The maximum atomic E-state index is 13.7. The fourth-order valence-electron chi connectivity index (χ4n) is 1.87. The third-order valence-corrected chi connectivity index (χ3v) is 3.53. The van der Waals surface area contributed by atoms with E-state index in [1.54, 1.807) is 6.92 Å². The minimum atomic E-state index is -1.03. The van der Waals surface area contributed by atoms with Gasteiger partial charge in [-0.1, -0.05) is 0 Å². The first-order valence-electron chi connectivity index (χ1n) is 5.50. The van der Waals surface area contributed by atoms with Crippen LogP contribution < -0.4 is 5.56 Å². The molecule has 1 aromatic carbocycles. The molecule has 2 aromatic rings. The van der Waals surface area contributed by atoms with Gasteiger partial charge < -0.3 is 4.57 Å². The van der Waals surface area contributed by atoms with Crippen LogP contribution >= 0.6 is 22.6 Å². The van der Waals surface area contributed by atoms with Gasteiger partial charge in [0.05, 0.1) is 14.8 Å². The lowest BCUT2D eigenvalue weighted by molar-refractivity contribution is 0.545. The molecule has 0 fully saturated rings. The van der Waals surface area contributed by atoms with Gasteiger partial charge in [-0.2, -0.15) is 0 Å². The van der Waals surface area contributed by atoms with Gasteiger partial charge in [-0.3, -0.25) is 4.79 Å². The molecule has 0 aliphatic heterocycles. The van der Waals surface area contributed by atoms with Crippen LogP contribution in [0.1, 0.15) is 6.92 Å². The average Bonchev–Trinajstić information content (AvgIpc) is 2.32. The Bertz CT molecular complexity index is 674. The molecule has 100 valence electrons. The van der Waals surface area contributed by atoms with Crippen LogP contribution in [-0.4, -0.2) is 4.57 Å². The first-order valence-corrected chi connectivity index (χ1v) is 6.57. The first kappa shape index (κ1) is 14.1. The number of benzene rings is 1. The summed E-state index contributed by atoms with van der Waals surface area (Å²) in [6.45, 7) is 1.96. The van der Waals surface area contributed by atoms with Crippen molar-refractivity contribution in [3.05, 3.63) is 55.6 Å². The number of hydrogen-bond acceptors (Lipinski definition) is 1. The average molecular weight is 379 g/mol. The maximum absolute atomic E-state index is 13.7. The lowest BCUT2D eigenvalue weighted by Crippen LogP contribution is -2.23. The first-order chi connectivity index (χ1) is 8.95. The van der Waals surface area contributed by atoms with Crippen LogP contribution in [0.5, 0.6) is 0 Å². The molecule has 0 amide bonds. The topological polar surface area (TPSA) is 22.0 Å². The lowest BCUT2D eigenvalue weighted by atomic mass is 10.1. The van der Waals surface area contributed by atoms with E-state index in [2.05, 4.69) is 0 Å². The molecule has 0 bridgehead atoms. The Labute approximate surface area is 121 Å². The highest BCUT2D eigenvalue weighted by Crippen LogP contribution is 2.26. The van der Waals surface area contributed by atoms with Crippen LogP contribution in [0.15, 0.2) is 29.1 Å². The second-order valence-corrected chi connectivity index (χ2v) is 5.02. The van der Waals surface area contributed by atoms with Crippen molar-refractivity contribution in [2.75, 3.05) is 0 Å². The summed E-state index contributed by atoms with van der Waals surface area (Å²) in [6.07, 6.45) is 0. The molecule has 0 aliphatic carbocycles. The van der Waals surface area contributed by atoms with Gasteiger partial charge in [-0.05, 0) is 41.6 Å². The summed E-state index contributed by atoms with van der Waals surface area (Å²) in [4.78, 5) is 11.9. The fourth-order valence-corrected chi connectivity index (χ4v) is 2.34. The van der Waals surface area contributed by atoms with Crippen LogP contribution in [0.3, 0.4) is 0 Å². The molecule has 1 aromatic heterocycles. The monoisotopic (exact) mass is 379 g/mol. The highest BCUT2D eigenvalue weighted by Gasteiger charge is 2.17. The van der Waals surface area contributed by atoms with Crippen molar-refractivity contribution in [2.24, 2.45) is 0 Å². The molecular weight excluding hydrogens is 370 g/mol. The zero-order chi connectivity index (χ0) is 14.2. The summed E-state index contributed by atoms with van der Waals surface area (Å²) in [5.74, 6) is -3.05. The van der Waals surface area contributed by atoms with Crippen molar-refractivity contribution in [1.82, 2.24) is 4.57 Å². The summed E-state index contributed by atoms with van der Waals surface area (Å²) in [5, 5.41) is 0. The molecule has 2 nitrogen and oxygen atoms in total. The van der Waals surface area contributed by atoms with E-state index in [-0.39, 0.29) is 17.8 Å². The van der Waals surface area contributed by atoms with Crippen molar-refractivity contribution in [3.8, 4) is 11.3 Å². The molecule has 19 heavy (non-hydrogen) atoms. The second-order valence-electron chi connectivity index (χ2n) is 3.86. The Morgan fingerprint density at radius 3 is 2.26 bits per heavy atom. The molecular formula is C13H9F3INO. The molecule has 0 aliphatic rings. The third kappa shape index (κ3) is 2.54. The highest BCUT2D eigenvalue weighted by molar-refractivity contribution is 14.1. The van der Waals surface area contributed by atoms with Crippen molar-refractivity contribution >= 4 is 22.6 Å². The van der Waals surface area contributed by atoms with Crippen molar-refractivity contribution in [3.63, 3.8) is 0 Å². The summed E-state index contributed by atoms with van der Waals surface area (Å²) >= 11 is 1.85. The van der Waals surface area contributed by atoms with Crippen LogP contribution in [0.2, 0.25) is 0 Å². The Balaban J connectivity index is 2.80. The minimum Gasteiger partial charge on any atom is -0.307 e. The van der Waals surface area contributed by atoms with Gasteiger partial charge >= 0.3 is 0 Å². The van der Waals surface area contributed by atoms with Crippen LogP contribution in [-0.2, 0) is 6.54 Å². The summed E-state index contributed by atoms with van der Waals surface area (Å²) < 4.78 is 42.1. The number of hydrogen-bond donors (Lipinski definition) is 0. The Morgan fingerprint density at radius 2 is 1.74 bits per heavy atom. The van der Waals surface area contributed by atoms with Gasteiger partial charge in [-0.25, -0.2) is 13.2 Å². The lowest BCUT2D eigenvalue weighted by Gasteiger charge is -2.13. The zero-order valence-corrected chi connectivity index (χ0v) is 12.0. The number of pyridine rings is 1. The Kier molecular flexibility index (Phi) is 3.98. The minimum absolute atomic E-state index is 0.0999. The van der Waals surface area contributed by atoms with E-state index in [1.165, 1.54) is 16.7 Å². The molecule has 0 saturated heterocycles. The van der Waals surface area contributed by atoms with E-state index in [9.17, 15) is 18.0 Å². The van der Waals surface area contributed by atoms with Crippen LogP contribution in [0, 0.1) is 21.0 Å². The molecule has 0 atom stereocenters. The van der Waals surface area contributed by atoms with Gasteiger partial charge in [0.2, 0.25) is 0 Å². The third-order valence-electron chi connectivity index (χ3n) is 2.71. The predicted molar refractivity (Wildman–Crippen MR) is 74.4 cm³/mol. The van der Waals surface area contributed by atoms with E-state index < -0.39 is 23.0 Å². The number of rotatable bonds is 2. The van der Waals surface area contributed by atoms with Crippen molar-refractivity contribution in [1.29, 1.82) is 0 Å². The normalized spacial score (nSPS) is 10.8. The SMILES string of the molecule is CCn1c(-c2c(F)cc(F)cc2F)ccc(I)c1=O. The van der Waals surface area contributed by atoms with Gasteiger partial charge in [0.1, 0.15) is 17.5 Å². The van der Waals surface area contributed by atoms with E-state index in [0.717, 1.165) is 0 Å². The quantitative estimate of drug-likeness (QED) is 0.732. The molecule has 6 heteroatoms. The van der Waals surface area contributed by atoms with Gasteiger partial charge in [-0.15, -0.1) is 0 Å². The number of nitrogens with zero attached hydrogens (tertiary/aromatic N) is 1. The summed E-state index contributed by atoms with van der Waals surface area (Å²) in [7, 11) is 0. The van der Waals surface area contributed by atoms with Crippen LogP contribution in [0.4, 0.5) is 13.2 Å². The van der Waals surface area contributed by atoms with Gasteiger partial charge in [0.25, 0.3) is 5.56 Å².